The number of nitrogens with one attached hydrogen (secondary N) is 1. The Morgan fingerprint density at radius 3 is 2.65 bits per heavy atom. The van der Waals surface area contributed by atoms with E-state index >= 15 is 0 Å². The third-order valence-electron chi connectivity index (χ3n) is 3.66. The van der Waals surface area contributed by atoms with Crippen molar-refractivity contribution >= 4 is 33.3 Å². The minimum Gasteiger partial charge on any atom is -0.463 e. The van der Waals surface area contributed by atoms with Gasteiger partial charge in [0.2, 0.25) is 10.6 Å². The second kappa shape index (κ2) is 6.49. The predicted octanol–water partition coefficient (Wildman–Crippen LogP) is 3.70. The van der Waals surface area contributed by atoms with E-state index in [4.69, 9.17) is 4.42 Å². The first-order valence-corrected chi connectivity index (χ1v) is 8.35. The van der Waals surface area contributed by atoms with Crippen LogP contribution in [0.15, 0.2) is 64.0 Å². The van der Waals surface area contributed by atoms with Crippen molar-refractivity contribution in [3.05, 3.63) is 76.4 Å². The van der Waals surface area contributed by atoms with Crippen LogP contribution in [0, 0.1) is 5.82 Å². The van der Waals surface area contributed by atoms with Gasteiger partial charge in [0.05, 0.1) is 10.9 Å². The first-order valence-electron chi connectivity index (χ1n) is 7.53. The first kappa shape index (κ1) is 16.1. The molecule has 0 aliphatic rings. The molecule has 0 aliphatic carbocycles. The molecular formula is C18H10FN3O3S. The van der Waals surface area contributed by atoms with Crippen LogP contribution >= 0.6 is 11.3 Å². The Kier molecular flexibility index (Phi) is 4.02. The number of carbonyl (C=O) groups is 1. The third-order valence-corrected chi connectivity index (χ3v) is 4.53. The zero-order valence-corrected chi connectivity index (χ0v) is 13.9. The molecule has 8 heteroatoms. The highest BCUT2D eigenvalue weighted by Crippen LogP contribution is 2.26. The van der Waals surface area contributed by atoms with Crippen LogP contribution < -0.4 is 10.7 Å². The first-order chi connectivity index (χ1) is 12.6. The molecule has 0 radical (unpaired) electrons. The van der Waals surface area contributed by atoms with E-state index in [2.05, 4.69) is 15.5 Å². The van der Waals surface area contributed by atoms with Gasteiger partial charge in [-0.2, -0.15) is 0 Å². The lowest BCUT2D eigenvalue weighted by Gasteiger charge is -2.00. The number of amides is 1. The van der Waals surface area contributed by atoms with E-state index < -0.39 is 11.7 Å². The molecule has 2 heterocycles. The monoisotopic (exact) mass is 367 g/mol. The highest BCUT2D eigenvalue weighted by Gasteiger charge is 2.15. The van der Waals surface area contributed by atoms with Crippen molar-refractivity contribution in [2.24, 2.45) is 0 Å². The number of anilines is 1. The molecule has 0 aliphatic heterocycles. The maximum Gasteiger partial charge on any atom is 0.257 e. The van der Waals surface area contributed by atoms with E-state index in [0.717, 1.165) is 11.3 Å². The Balaban J connectivity index is 1.62. The van der Waals surface area contributed by atoms with E-state index in [-0.39, 0.29) is 21.7 Å². The van der Waals surface area contributed by atoms with Gasteiger partial charge in [-0.15, -0.1) is 10.2 Å². The van der Waals surface area contributed by atoms with Gasteiger partial charge in [0.25, 0.3) is 5.91 Å². The Morgan fingerprint density at radius 2 is 1.85 bits per heavy atom. The lowest BCUT2D eigenvalue weighted by atomic mass is 10.2. The Labute approximate surface area is 149 Å². The summed E-state index contributed by atoms with van der Waals surface area (Å²) in [7, 11) is 0. The van der Waals surface area contributed by atoms with Gasteiger partial charge in [0.1, 0.15) is 17.7 Å². The van der Waals surface area contributed by atoms with Crippen LogP contribution in [-0.4, -0.2) is 16.1 Å². The normalized spacial score (nSPS) is 10.8. The van der Waals surface area contributed by atoms with Crippen LogP contribution in [-0.2, 0) is 0 Å². The van der Waals surface area contributed by atoms with Gasteiger partial charge in [-0.25, -0.2) is 4.39 Å². The van der Waals surface area contributed by atoms with E-state index in [9.17, 15) is 14.0 Å². The molecule has 2 aromatic heterocycles. The fourth-order valence-electron chi connectivity index (χ4n) is 2.38. The average Bonchev–Trinajstić information content (AvgIpc) is 3.11. The van der Waals surface area contributed by atoms with Crippen molar-refractivity contribution < 1.29 is 13.6 Å². The highest BCUT2D eigenvalue weighted by molar-refractivity contribution is 7.18. The van der Waals surface area contributed by atoms with Crippen molar-refractivity contribution in [2.45, 2.75) is 0 Å². The summed E-state index contributed by atoms with van der Waals surface area (Å²) < 4.78 is 18.4. The lowest BCUT2D eigenvalue weighted by molar-refractivity contribution is 0.102. The fourth-order valence-corrected chi connectivity index (χ4v) is 3.12. The predicted molar refractivity (Wildman–Crippen MR) is 95.7 cm³/mol. The van der Waals surface area contributed by atoms with Crippen LogP contribution in [0.5, 0.6) is 0 Å². The second-order valence-electron chi connectivity index (χ2n) is 5.35. The molecule has 128 valence electrons. The zero-order chi connectivity index (χ0) is 18.1. The van der Waals surface area contributed by atoms with Gasteiger partial charge in [0.15, 0.2) is 5.01 Å². The van der Waals surface area contributed by atoms with Crippen molar-refractivity contribution in [2.75, 3.05) is 5.32 Å². The molecule has 2 aromatic carbocycles. The van der Waals surface area contributed by atoms with E-state index in [0.29, 0.717) is 16.0 Å². The SMILES string of the molecule is O=C(Nc1nnc(-c2coc3ccccc3c2=O)s1)c1ccc(F)cc1. The largest absolute Gasteiger partial charge is 0.463 e. The molecule has 0 atom stereocenters. The molecule has 1 N–H and O–H groups in total. The number of para-hydroxylation sites is 1. The van der Waals surface area contributed by atoms with Gasteiger partial charge < -0.3 is 4.42 Å². The average molecular weight is 367 g/mol. The minimum atomic E-state index is -0.446. The molecule has 1 amide bonds. The smallest absolute Gasteiger partial charge is 0.257 e. The standard InChI is InChI=1S/C18H10FN3O3S/c19-11-7-5-10(6-8-11)16(24)20-18-22-21-17(26-18)13-9-25-14-4-2-1-3-12(14)15(13)23/h1-9H,(H,20,22,24). The quantitative estimate of drug-likeness (QED) is 0.597. The number of rotatable bonds is 3. The Hall–Kier alpha value is -3.39. The lowest BCUT2D eigenvalue weighted by Crippen LogP contribution is -2.11. The van der Waals surface area contributed by atoms with Crippen LogP contribution in [0.2, 0.25) is 0 Å². The second-order valence-corrected chi connectivity index (χ2v) is 6.33. The van der Waals surface area contributed by atoms with Gasteiger partial charge in [-0.3, -0.25) is 14.9 Å². The highest BCUT2D eigenvalue weighted by atomic mass is 32.1. The summed E-state index contributed by atoms with van der Waals surface area (Å²) in [5, 5.41) is 11.4. The number of benzene rings is 2. The van der Waals surface area contributed by atoms with Crippen LogP contribution in [0.25, 0.3) is 21.5 Å². The third kappa shape index (κ3) is 2.98. The number of hydrogen-bond acceptors (Lipinski definition) is 6. The molecular weight excluding hydrogens is 357 g/mol. The summed E-state index contributed by atoms with van der Waals surface area (Å²) in [5.41, 5.74) is 0.812. The van der Waals surface area contributed by atoms with Crippen LogP contribution in [0.4, 0.5) is 9.52 Å². The molecule has 0 spiro atoms. The molecule has 6 nitrogen and oxygen atoms in total. The van der Waals surface area contributed by atoms with Gasteiger partial charge >= 0.3 is 0 Å². The van der Waals surface area contributed by atoms with Gasteiger partial charge in [0, 0.05) is 5.56 Å². The molecule has 4 rings (SSSR count). The summed E-state index contributed by atoms with van der Waals surface area (Å²) in [6.45, 7) is 0. The van der Waals surface area contributed by atoms with E-state index in [1.165, 1.54) is 30.5 Å². The zero-order valence-electron chi connectivity index (χ0n) is 13.1. The summed E-state index contributed by atoms with van der Waals surface area (Å²) in [4.78, 5) is 24.7. The molecule has 0 fully saturated rings. The summed E-state index contributed by atoms with van der Waals surface area (Å²) in [6.07, 6.45) is 1.33. The fraction of sp³-hybridized carbons (Fsp3) is 0. The van der Waals surface area contributed by atoms with E-state index in [1.54, 1.807) is 24.3 Å². The maximum atomic E-state index is 12.9. The molecule has 0 unspecified atom stereocenters. The molecule has 4 aromatic rings. The Morgan fingerprint density at radius 1 is 1.08 bits per heavy atom. The van der Waals surface area contributed by atoms with Gasteiger partial charge in [-0.05, 0) is 36.4 Å². The van der Waals surface area contributed by atoms with Gasteiger partial charge in [-0.1, -0.05) is 23.5 Å². The van der Waals surface area contributed by atoms with Crippen molar-refractivity contribution in [1.82, 2.24) is 10.2 Å². The number of nitrogens with zero attached hydrogens (tertiary/aromatic N) is 2. The number of carbonyl (C=O) groups excluding carboxylic acids is 1. The number of aromatic nitrogens is 2. The number of hydrogen-bond donors (Lipinski definition) is 1. The molecule has 0 saturated carbocycles. The van der Waals surface area contributed by atoms with E-state index in [1.807, 2.05) is 0 Å². The topological polar surface area (TPSA) is 85.1 Å². The van der Waals surface area contributed by atoms with Crippen molar-refractivity contribution in [3.8, 4) is 10.6 Å². The number of halogens is 1. The summed E-state index contributed by atoms with van der Waals surface area (Å²) in [6, 6.07) is 12.0. The molecule has 26 heavy (non-hydrogen) atoms. The van der Waals surface area contributed by atoms with Crippen LogP contribution in [0.3, 0.4) is 0 Å². The van der Waals surface area contributed by atoms with Crippen molar-refractivity contribution in [1.29, 1.82) is 0 Å². The minimum absolute atomic E-state index is 0.223. The number of fused-ring (bicyclic) bond motifs is 1. The molecule has 0 saturated heterocycles. The molecule has 0 bridgehead atoms. The summed E-state index contributed by atoms with van der Waals surface area (Å²) >= 11 is 1.05. The van der Waals surface area contributed by atoms with Crippen molar-refractivity contribution in [3.63, 3.8) is 0 Å². The summed E-state index contributed by atoms with van der Waals surface area (Å²) in [5.74, 6) is -0.874. The Bertz CT molecular complexity index is 1170. The van der Waals surface area contributed by atoms with Crippen LogP contribution in [0.1, 0.15) is 10.4 Å². The maximum absolute atomic E-state index is 12.9.